The Labute approximate surface area is 212 Å². The van der Waals surface area contributed by atoms with Crippen LogP contribution in [0.3, 0.4) is 0 Å². The van der Waals surface area contributed by atoms with E-state index in [0.29, 0.717) is 28.2 Å². The summed E-state index contributed by atoms with van der Waals surface area (Å²) in [5.74, 6) is -0.149. The summed E-state index contributed by atoms with van der Waals surface area (Å²) in [5.41, 5.74) is 0.202. The van der Waals surface area contributed by atoms with Gasteiger partial charge in [-0.1, -0.05) is 30.9 Å². The van der Waals surface area contributed by atoms with Gasteiger partial charge < -0.3 is 10.6 Å². The van der Waals surface area contributed by atoms with Gasteiger partial charge in [-0.3, -0.25) is 9.48 Å². The molecule has 2 aromatic heterocycles. The fraction of sp³-hybridized carbons (Fsp3) is 0.500. The number of benzene rings is 1. The Bertz CT molecular complexity index is 1240. The molecule has 2 N–H and O–H groups in total. The van der Waals surface area contributed by atoms with Crippen molar-refractivity contribution in [1.82, 2.24) is 20.1 Å². The summed E-state index contributed by atoms with van der Waals surface area (Å²) in [6, 6.07) is 7.53. The number of rotatable bonds is 5. The summed E-state index contributed by atoms with van der Waals surface area (Å²) < 4.78 is 42.3. The summed E-state index contributed by atoms with van der Waals surface area (Å²) in [5, 5.41) is 11.8. The van der Waals surface area contributed by atoms with E-state index in [2.05, 4.69) is 20.7 Å². The van der Waals surface area contributed by atoms with Gasteiger partial charge in [0.05, 0.1) is 11.6 Å². The van der Waals surface area contributed by atoms with E-state index in [4.69, 9.17) is 11.6 Å². The van der Waals surface area contributed by atoms with Crippen LogP contribution in [0.25, 0.3) is 10.9 Å². The number of carbonyl (C=O) groups excluding carboxylic acids is 1. The lowest BCUT2D eigenvalue weighted by Crippen LogP contribution is -2.42. The molecule has 0 bridgehead atoms. The van der Waals surface area contributed by atoms with Crippen molar-refractivity contribution < 1.29 is 18.0 Å². The van der Waals surface area contributed by atoms with Crippen LogP contribution >= 0.6 is 11.6 Å². The second kappa shape index (κ2) is 10.3. The monoisotopic (exact) mass is 519 g/mol. The molecular formula is C26H29ClF3N5O. The highest BCUT2D eigenvalue weighted by Gasteiger charge is 2.34. The van der Waals surface area contributed by atoms with Crippen LogP contribution in [0, 0.1) is 0 Å². The predicted molar refractivity (Wildman–Crippen MR) is 133 cm³/mol. The molecule has 3 aromatic rings. The zero-order chi connectivity index (χ0) is 25.3. The molecule has 5 rings (SSSR count). The first-order chi connectivity index (χ1) is 17.3. The van der Waals surface area contributed by atoms with Gasteiger partial charge >= 0.3 is 6.18 Å². The number of pyridine rings is 1. The second-order valence-electron chi connectivity index (χ2n) is 9.85. The van der Waals surface area contributed by atoms with Crippen molar-refractivity contribution >= 4 is 34.1 Å². The molecule has 0 radical (unpaired) electrons. The van der Waals surface area contributed by atoms with Crippen molar-refractivity contribution in [2.24, 2.45) is 0 Å². The number of anilines is 1. The number of fused-ring (bicyclic) bond motifs is 1. The van der Waals surface area contributed by atoms with Gasteiger partial charge in [-0.2, -0.15) is 18.3 Å². The lowest BCUT2D eigenvalue weighted by atomic mass is 9.90. The first kappa shape index (κ1) is 24.9. The molecule has 2 saturated carbocycles. The number of alkyl halides is 3. The molecule has 1 aromatic carbocycles. The molecule has 2 fully saturated rings. The van der Waals surface area contributed by atoms with Crippen molar-refractivity contribution in [3.8, 4) is 0 Å². The number of hydrogen-bond acceptors (Lipinski definition) is 4. The Kier molecular flexibility index (Phi) is 7.10. The van der Waals surface area contributed by atoms with Gasteiger partial charge in [-0.05, 0) is 68.9 Å². The normalized spacial score (nSPS) is 21.4. The topological polar surface area (TPSA) is 71.8 Å². The van der Waals surface area contributed by atoms with Crippen LogP contribution in [0.15, 0.2) is 36.5 Å². The third-order valence-electron chi connectivity index (χ3n) is 7.25. The van der Waals surface area contributed by atoms with Crippen molar-refractivity contribution in [3.05, 3.63) is 52.9 Å². The fourth-order valence-electron chi connectivity index (χ4n) is 5.50. The van der Waals surface area contributed by atoms with Crippen LogP contribution in [0.2, 0.25) is 5.02 Å². The quantitative estimate of drug-likeness (QED) is 0.390. The van der Waals surface area contributed by atoms with E-state index < -0.39 is 11.9 Å². The van der Waals surface area contributed by atoms with Gasteiger partial charge in [0.15, 0.2) is 0 Å². The Morgan fingerprint density at radius 1 is 1.00 bits per heavy atom. The molecule has 6 nitrogen and oxygen atoms in total. The third kappa shape index (κ3) is 5.45. The minimum atomic E-state index is -4.56. The zero-order valence-electron chi connectivity index (χ0n) is 19.8. The summed E-state index contributed by atoms with van der Waals surface area (Å²) >= 11 is 6.13. The Morgan fingerprint density at radius 2 is 1.78 bits per heavy atom. The molecule has 2 aliphatic carbocycles. The lowest BCUT2D eigenvalue weighted by molar-refractivity contribution is -0.140. The van der Waals surface area contributed by atoms with Crippen LogP contribution < -0.4 is 10.6 Å². The number of hydrogen-bond donors (Lipinski definition) is 2. The van der Waals surface area contributed by atoms with E-state index in [-0.39, 0.29) is 29.5 Å². The molecule has 2 aliphatic rings. The molecule has 2 heterocycles. The van der Waals surface area contributed by atoms with Gasteiger partial charge in [0.25, 0.3) is 5.91 Å². The van der Waals surface area contributed by atoms with Crippen molar-refractivity contribution in [3.63, 3.8) is 0 Å². The maximum absolute atomic E-state index is 13.5. The van der Waals surface area contributed by atoms with E-state index in [1.807, 2.05) is 4.68 Å². The summed E-state index contributed by atoms with van der Waals surface area (Å²) in [4.78, 5) is 16.9. The smallest absolute Gasteiger partial charge is 0.382 e. The number of halogens is 4. The van der Waals surface area contributed by atoms with Crippen molar-refractivity contribution in [2.45, 2.75) is 82.1 Å². The molecule has 192 valence electrons. The van der Waals surface area contributed by atoms with E-state index in [1.165, 1.54) is 18.6 Å². The Balaban J connectivity index is 1.31. The van der Waals surface area contributed by atoms with E-state index >= 15 is 0 Å². The number of carbonyl (C=O) groups is 1. The minimum Gasteiger partial charge on any atom is -0.382 e. The minimum absolute atomic E-state index is 0.0859. The number of aromatic nitrogens is 3. The standard InChI is InChI=1S/C26H29ClF3N5O/c27-16-9-10-21-20(13-16)22(15-24(34-21)26(28,29)30)32-17-5-4-6-18(14-17)33-25(36)23-11-12-31-35(23)19-7-2-1-3-8-19/h9-13,15,17-19H,1-8,14H2,(H,32,34)(H,33,36)/t17-,18?/m0/s1. The first-order valence-electron chi connectivity index (χ1n) is 12.6. The molecule has 0 aliphatic heterocycles. The average Bonchev–Trinajstić information content (AvgIpc) is 3.35. The van der Waals surface area contributed by atoms with Crippen LogP contribution in [0.1, 0.15) is 80.0 Å². The van der Waals surface area contributed by atoms with Gasteiger partial charge in [0.1, 0.15) is 11.4 Å². The molecule has 0 saturated heterocycles. The Morgan fingerprint density at radius 3 is 2.56 bits per heavy atom. The van der Waals surface area contributed by atoms with E-state index in [9.17, 15) is 18.0 Å². The van der Waals surface area contributed by atoms with Crippen LogP contribution in [-0.4, -0.2) is 32.8 Å². The number of amides is 1. The van der Waals surface area contributed by atoms with Crippen molar-refractivity contribution in [1.29, 1.82) is 0 Å². The maximum atomic E-state index is 13.5. The third-order valence-corrected chi connectivity index (χ3v) is 7.49. The molecule has 2 atom stereocenters. The van der Waals surface area contributed by atoms with Crippen LogP contribution in [0.4, 0.5) is 18.9 Å². The van der Waals surface area contributed by atoms with E-state index in [1.54, 1.807) is 18.3 Å². The molecule has 1 unspecified atom stereocenters. The van der Waals surface area contributed by atoms with Crippen LogP contribution in [-0.2, 0) is 6.18 Å². The molecule has 1 amide bonds. The van der Waals surface area contributed by atoms with Gasteiger partial charge in [-0.25, -0.2) is 4.98 Å². The second-order valence-corrected chi connectivity index (χ2v) is 10.3. The molecule has 10 heteroatoms. The number of nitrogens with one attached hydrogen (secondary N) is 2. The van der Waals surface area contributed by atoms with E-state index in [0.717, 1.165) is 51.0 Å². The number of nitrogens with zero attached hydrogens (tertiary/aromatic N) is 3. The van der Waals surface area contributed by atoms with Gasteiger partial charge in [0.2, 0.25) is 0 Å². The highest BCUT2D eigenvalue weighted by atomic mass is 35.5. The zero-order valence-corrected chi connectivity index (χ0v) is 20.6. The van der Waals surface area contributed by atoms with Gasteiger partial charge in [0, 0.05) is 34.4 Å². The molecule has 36 heavy (non-hydrogen) atoms. The largest absolute Gasteiger partial charge is 0.433 e. The van der Waals surface area contributed by atoms with Crippen molar-refractivity contribution in [2.75, 3.05) is 5.32 Å². The fourth-order valence-corrected chi connectivity index (χ4v) is 5.68. The SMILES string of the molecule is O=C(NC1CCC[C@H](Nc2cc(C(F)(F)F)nc3ccc(Cl)cc23)C1)c1ccnn1C1CCCCC1. The summed E-state index contributed by atoms with van der Waals surface area (Å²) in [7, 11) is 0. The Hall–Kier alpha value is -2.81. The van der Waals surface area contributed by atoms with Crippen LogP contribution in [0.5, 0.6) is 0 Å². The molecule has 0 spiro atoms. The highest BCUT2D eigenvalue weighted by Crippen LogP contribution is 2.35. The summed E-state index contributed by atoms with van der Waals surface area (Å²) in [6.45, 7) is 0. The average molecular weight is 520 g/mol. The predicted octanol–water partition coefficient (Wildman–Crippen LogP) is 6.76. The molecular weight excluding hydrogens is 491 g/mol. The lowest BCUT2D eigenvalue weighted by Gasteiger charge is -2.32. The van der Waals surface area contributed by atoms with Gasteiger partial charge in [-0.15, -0.1) is 0 Å². The summed E-state index contributed by atoms with van der Waals surface area (Å²) in [6.07, 6.45) is 5.74. The highest BCUT2D eigenvalue weighted by molar-refractivity contribution is 6.31. The first-order valence-corrected chi connectivity index (χ1v) is 12.9. The maximum Gasteiger partial charge on any atom is 0.433 e.